The summed E-state index contributed by atoms with van der Waals surface area (Å²) < 4.78 is 31.0. The third-order valence-electron chi connectivity index (χ3n) is 4.58. The fraction of sp³-hybridized carbons (Fsp3) is 0.533. The van der Waals surface area contributed by atoms with Gasteiger partial charge in [-0.3, -0.25) is 14.2 Å². The van der Waals surface area contributed by atoms with Gasteiger partial charge in [0.15, 0.2) is 0 Å². The van der Waals surface area contributed by atoms with Gasteiger partial charge in [-0.2, -0.15) is 14.5 Å². The molecule has 0 aromatic carbocycles. The molecule has 0 N–H and O–H groups in total. The minimum absolute atomic E-state index is 0.0744. The van der Waals surface area contributed by atoms with E-state index in [1.165, 1.54) is 15.2 Å². The first-order chi connectivity index (χ1) is 12.2. The van der Waals surface area contributed by atoms with Gasteiger partial charge in [-0.1, -0.05) is 0 Å². The van der Waals surface area contributed by atoms with Crippen molar-refractivity contribution in [2.24, 2.45) is 7.05 Å². The second kappa shape index (κ2) is 7.12. The zero-order valence-corrected chi connectivity index (χ0v) is 17.3. The molecule has 0 atom stereocenters. The highest BCUT2D eigenvalue weighted by molar-refractivity contribution is 9.10. The van der Waals surface area contributed by atoms with Gasteiger partial charge in [-0.15, -0.1) is 0 Å². The lowest BCUT2D eigenvalue weighted by Gasteiger charge is -2.33. The number of aryl methyl sites for hydroxylation is 2. The Morgan fingerprint density at radius 3 is 2.38 bits per heavy atom. The fourth-order valence-corrected chi connectivity index (χ4v) is 4.79. The van der Waals surface area contributed by atoms with Crippen molar-refractivity contribution in [3.8, 4) is 0 Å². The maximum atomic E-state index is 12.8. The molecule has 11 heteroatoms. The zero-order chi connectivity index (χ0) is 19.1. The number of aromatic nitrogens is 4. The van der Waals surface area contributed by atoms with Crippen molar-refractivity contribution < 1.29 is 13.2 Å². The standard InChI is InChI=1S/C15H21BrN6O3S/c1-11-13(16)9-21(18-11)10-15(23)20-4-6-22(7-5-20)26(24,25)14-8-17-19(3)12(14)2/h8-9H,4-7,10H2,1-3H3. The molecule has 1 amide bonds. The summed E-state index contributed by atoms with van der Waals surface area (Å²) >= 11 is 3.37. The molecule has 0 aliphatic carbocycles. The Morgan fingerprint density at radius 1 is 1.23 bits per heavy atom. The molecule has 1 saturated heterocycles. The number of carbonyl (C=O) groups excluding carboxylic acids is 1. The van der Waals surface area contributed by atoms with Gasteiger partial charge >= 0.3 is 0 Å². The Balaban J connectivity index is 1.63. The third-order valence-corrected chi connectivity index (χ3v) is 7.36. The topological polar surface area (TPSA) is 93.3 Å². The predicted octanol–water partition coefficient (Wildman–Crippen LogP) is 0.529. The van der Waals surface area contributed by atoms with Crippen molar-refractivity contribution in [3.63, 3.8) is 0 Å². The van der Waals surface area contributed by atoms with Gasteiger partial charge in [-0.05, 0) is 29.8 Å². The quantitative estimate of drug-likeness (QED) is 0.685. The molecule has 1 aliphatic rings. The first-order valence-corrected chi connectivity index (χ1v) is 10.4. The zero-order valence-electron chi connectivity index (χ0n) is 14.9. The molecule has 0 saturated carbocycles. The number of rotatable bonds is 4. The minimum Gasteiger partial charge on any atom is -0.338 e. The smallest absolute Gasteiger partial charge is 0.246 e. The monoisotopic (exact) mass is 444 g/mol. The normalized spacial score (nSPS) is 16.2. The van der Waals surface area contributed by atoms with Crippen LogP contribution < -0.4 is 0 Å². The van der Waals surface area contributed by atoms with Crippen LogP contribution in [-0.4, -0.2) is 69.3 Å². The van der Waals surface area contributed by atoms with Crippen molar-refractivity contribution in [2.45, 2.75) is 25.3 Å². The van der Waals surface area contributed by atoms with Crippen LogP contribution >= 0.6 is 15.9 Å². The highest BCUT2D eigenvalue weighted by atomic mass is 79.9. The molecule has 0 spiro atoms. The average molecular weight is 445 g/mol. The van der Waals surface area contributed by atoms with E-state index in [-0.39, 0.29) is 30.4 Å². The molecule has 0 bridgehead atoms. The maximum Gasteiger partial charge on any atom is 0.246 e. The van der Waals surface area contributed by atoms with Crippen LogP contribution in [0.4, 0.5) is 0 Å². The maximum absolute atomic E-state index is 12.8. The van der Waals surface area contributed by atoms with Crippen molar-refractivity contribution in [3.05, 3.63) is 28.3 Å². The third kappa shape index (κ3) is 3.55. The Labute approximate surface area is 160 Å². The summed E-state index contributed by atoms with van der Waals surface area (Å²) in [6, 6.07) is 0. The molecular weight excluding hydrogens is 424 g/mol. The van der Waals surface area contributed by atoms with Gasteiger partial charge < -0.3 is 4.90 Å². The molecule has 3 rings (SSSR count). The molecule has 1 fully saturated rings. The first-order valence-electron chi connectivity index (χ1n) is 8.16. The number of hydrogen-bond donors (Lipinski definition) is 0. The molecule has 1 aliphatic heterocycles. The lowest BCUT2D eigenvalue weighted by atomic mass is 10.3. The molecule has 3 heterocycles. The van der Waals surface area contributed by atoms with Crippen molar-refractivity contribution in [1.82, 2.24) is 28.8 Å². The van der Waals surface area contributed by atoms with Crippen LogP contribution in [0, 0.1) is 13.8 Å². The van der Waals surface area contributed by atoms with Gasteiger partial charge in [-0.25, -0.2) is 8.42 Å². The number of piperazine rings is 1. The average Bonchev–Trinajstić information content (AvgIpc) is 3.10. The first kappa shape index (κ1) is 19.1. The highest BCUT2D eigenvalue weighted by Gasteiger charge is 2.32. The number of carbonyl (C=O) groups is 1. The van der Waals surface area contributed by atoms with Gasteiger partial charge in [0.2, 0.25) is 15.9 Å². The molecule has 9 nitrogen and oxygen atoms in total. The van der Waals surface area contributed by atoms with E-state index in [0.29, 0.717) is 18.8 Å². The number of hydrogen-bond acceptors (Lipinski definition) is 5. The lowest BCUT2D eigenvalue weighted by molar-refractivity contribution is -0.133. The number of amides is 1. The lowest BCUT2D eigenvalue weighted by Crippen LogP contribution is -2.51. The van der Waals surface area contributed by atoms with E-state index in [1.807, 2.05) is 6.92 Å². The summed E-state index contributed by atoms with van der Waals surface area (Å²) in [5.74, 6) is -0.0744. The Hall–Kier alpha value is -1.72. The summed E-state index contributed by atoms with van der Waals surface area (Å²) in [7, 11) is -1.89. The number of sulfonamides is 1. The summed E-state index contributed by atoms with van der Waals surface area (Å²) in [6.07, 6.45) is 3.14. The Kier molecular flexibility index (Phi) is 5.22. The van der Waals surface area contributed by atoms with Crippen LogP contribution in [-0.2, 0) is 28.4 Å². The van der Waals surface area contributed by atoms with Gasteiger partial charge in [0, 0.05) is 39.4 Å². The van der Waals surface area contributed by atoms with Gasteiger partial charge in [0.1, 0.15) is 11.4 Å². The largest absolute Gasteiger partial charge is 0.338 e. The van der Waals surface area contributed by atoms with E-state index >= 15 is 0 Å². The van der Waals surface area contributed by atoms with Crippen molar-refractivity contribution in [2.75, 3.05) is 26.2 Å². The second-order valence-electron chi connectivity index (χ2n) is 6.26. The van der Waals surface area contributed by atoms with E-state index in [4.69, 9.17) is 0 Å². The van der Waals surface area contributed by atoms with E-state index in [2.05, 4.69) is 26.1 Å². The summed E-state index contributed by atoms with van der Waals surface area (Å²) in [4.78, 5) is 14.3. The van der Waals surface area contributed by atoms with Crippen LogP contribution in [0.5, 0.6) is 0 Å². The molecular formula is C15H21BrN6O3S. The molecule has 0 unspecified atom stereocenters. The summed E-state index contributed by atoms with van der Waals surface area (Å²) in [5, 5.41) is 8.27. The molecule has 2 aromatic heterocycles. The molecule has 26 heavy (non-hydrogen) atoms. The van der Waals surface area contributed by atoms with Crippen LogP contribution in [0.1, 0.15) is 11.4 Å². The number of nitrogens with zero attached hydrogens (tertiary/aromatic N) is 6. The Bertz CT molecular complexity index is 908. The summed E-state index contributed by atoms with van der Waals surface area (Å²) in [6.45, 7) is 4.98. The molecule has 2 aromatic rings. The molecule has 0 radical (unpaired) electrons. The predicted molar refractivity (Wildman–Crippen MR) is 97.9 cm³/mol. The summed E-state index contributed by atoms with van der Waals surface area (Å²) in [5.41, 5.74) is 1.42. The minimum atomic E-state index is -3.59. The second-order valence-corrected chi connectivity index (χ2v) is 9.02. The highest BCUT2D eigenvalue weighted by Crippen LogP contribution is 2.20. The fourth-order valence-electron chi connectivity index (χ4n) is 2.86. The van der Waals surface area contributed by atoms with Crippen molar-refractivity contribution >= 4 is 31.9 Å². The van der Waals surface area contributed by atoms with E-state index < -0.39 is 10.0 Å². The van der Waals surface area contributed by atoms with E-state index in [1.54, 1.807) is 29.7 Å². The van der Waals surface area contributed by atoms with E-state index in [9.17, 15) is 13.2 Å². The van der Waals surface area contributed by atoms with Crippen LogP contribution in [0.2, 0.25) is 0 Å². The van der Waals surface area contributed by atoms with Gasteiger partial charge in [0.25, 0.3) is 0 Å². The molecule has 142 valence electrons. The van der Waals surface area contributed by atoms with E-state index in [0.717, 1.165) is 10.2 Å². The van der Waals surface area contributed by atoms with Gasteiger partial charge in [0.05, 0.1) is 22.1 Å². The Morgan fingerprint density at radius 2 is 1.88 bits per heavy atom. The van der Waals surface area contributed by atoms with Crippen LogP contribution in [0.3, 0.4) is 0 Å². The SMILES string of the molecule is Cc1nn(CC(=O)N2CCN(S(=O)(=O)c3cnn(C)c3C)CC2)cc1Br. The number of halogens is 1. The van der Waals surface area contributed by atoms with Crippen molar-refractivity contribution in [1.29, 1.82) is 0 Å². The van der Waals surface area contributed by atoms with Crippen LogP contribution in [0.15, 0.2) is 21.8 Å². The van der Waals surface area contributed by atoms with Crippen LogP contribution in [0.25, 0.3) is 0 Å².